The van der Waals surface area contributed by atoms with Gasteiger partial charge < -0.3 is 14.8 Å². The van der Waals surface area contributed by atoms with E-state index in [1.54, 1.807) is 0 Å². The molecule has 3 heteroatoms. The fourth-order valence-electron chi connectivity index (χ4n) is 2.30. The number of hydrogen-bond donors (Lipinski definition) is 1. The molecule has 102 valence electrons. The monoisotopic (exact) mass is 243 g/mol. The zero-order valence-electron chi connectivity index (χ0n) is 12.3. The van der Waals surface area contributed by atoms with E-state index in [9.17, 15) is 0 Å². The van der Waals surface area contributed by atoms with Crippen molar-refractivity contribution in [2.24, 2.45) is 5.41 Å². The highest BCUT2D eigenvalue weighted by Crippen LogP contribution is 2.42. The maximum Gasteiger partial charge on any atom is 0.0707 e. The van der Waals surface area contributed by atoms with Gasteiger partial charge in [0.05, 0.1) is 24.9 Å². The summed E-state index contributed by atoms with van der Waals surface area (Å²) in [5.41, 5.74) is 0.183. The van der Waals surface area contributed by atoms with E-state index in [-0.39, 0.29) is 11.0 Å². The smallest absolute Gasteiger partial charge is 0.0707 e. The Morgan fingerprint density at radius 1 is 1.24 bits per heavy atom. The van der Waals surface area contributed by atoms with E-state index in [2.05, 4.69) is 46.9 Å². The van der Waals surface area contributed by atoms with Gasteiger partial charge in [0.1, 0.15) is 0 Å². The van der Waals surface area contributed by atoms with Gasteiger partial charge in [0.2, 0.25) is 0 Å². The quantitative estimate of drug-likeness (QED) is 0.727. The lowest BCUT2D eigenvalue weighted by Gasteiger charge is -2.52. The summed E-state index contributed by atoms with van der Waals surface area (Å²) in [6, 6.07) is 0.598. The molecule has 1 rings (SSSR count). The summed E-state index contributed by atoms with van der Waals surface area (Å²) in [4.78, 5) is 0. The molecule has 0 aromatic carbocycles. The SMILES string of the molecule is CCNC1CC(OCCOC(C)(C)C)C1(C)C. The number of nitrogens with one attached hydrogen (secondary N) is 1. The van der Waals surface area contributed by atoms with Crippen molar-refractivity contribution in [2.45, 2.75) is 65.7 Å². The van der Waals surface area contributed by atoms with Gasteiger partial charge in [-0.3, -0.25) is 0 Å². The van der Waals surface area contributed by atoms with E-state index in [4.69, 9.17) is 9.47 Å². The van der Waals surface area contributed by atoms with Crippen LogP contribution >= 0.6 is 0 Å². The summed E-state index contributed by atoms with van der Waals surface area (Å²) >= 11 is 0. The standard InChI is InChI=1S/C14H29NO2/c1-7-15-11-10-12(14(11,5)6)16-8-9-17-13(2,3)4/h11-12,15H,7-10H2,1-6H3. The maximum atomic E-state index is 5.90. The van der Waals surface area contributed by atoms with Crippen molar-refractivity contribution >= 4 is 0 Å². The first-order valence-corrected chi connectivity index (χ1v) is 6.76. The van der Waals surface area contributed by atoms with Gasteiger partial charge >= 0.3 is 0 Å². The second-order valence-corrected chi connectivity index (χ2v) is 6.49. The highest BCUT2D eigenvalue weighted by Gasteiger charge is 2.48. The predicted octanol–water partition coefficient (Wildman–Crippen LogP) is 2.59. The minimum absolute atomic E-state index is 0.0647. The molecule has 0 amide bonds. The van der Waals surface area contributed by atoms with Gasteiger partial charge in [-0.2, -0.15) is 0 Å². The summed E-state index contributed by atoms with van der Waals surface area (Å²) < 4.78 is 11.6. The van der Waals surface area contributed by atoms with Crippen LogP contribution in [-0.4, -0.2) is 37.5 Å². The lowest BCUT2D eigenvalue weighted by atomic mass is 9.64. The molecule has 17 heavy (non-hydrogen) atoms. The van der Waals surface area contributed by atoms with Crippen LogP contribution in [0.25, 0.3) is 0 Å². The Kier molecular flexibility index (Phi) is 4.99. The summed E-state index contributed by atoms with van der Waals surface area (Å²) in [6.07, 6.45) is 1.49. The predicted molar refractivity (Wildman–Crippen MR) is 71.3 cm³/mol. The zero-order valence-corrected chi connectivity index (χ0v) is 12.3. The van der Waals surface area contributed by atoms with E-state index < -0.39 is 0 Å². The Morgan fingerprint density at radius 2 is 1.88 bits per heavy atom. The molecule has 1 aliphatic carbocycles. The second kappa shape index (κ2) is 5.68. The van der Waals surface area contributed by atoms with Crippen molar-refractivity contribution in [3.8, 4) is 0 Å². The van der Waals surface area contributed by atoms with Crippen LogP contribution < -0.4 is 5.32 Å². The number of ether oxygens (including phenoxy) is 2. The van der Waals surface area contributed by atoms with E-state index in [1.165, 1.54) is 0 Å². The summed E-state index contributed by atoms with van der Waals surface area (Å²) in [7, 11) is 0. The first kappa shape index (κ1) is 14.9. The molecular weight excluding hydrogens is 214 g/mol. The minimum Gasteiger partial charge on any atom is -0.375 e. The molecule has 1 fully saturated rings. The van der Waals surface area contributed by atoms with Crippen LogP contribution in [0.1, 0.15) is 48.0 Å². The summed E-state index contributed by atoms with van der Waals surface area (Å²) in [6.45, 7) is 15.3. The highest BCUT2D eigenvalue weighted by molar-refractivity contribution is 5.02. The van der Waals surface area contributed by atoms with Crippen molar-refractivity contribution in [2.75, 3.05) is 19.8 Å². The van der Waals surface area contributed by atoms with Crippen LogP contribution in [-0.2, 0) is 9.47 Å². The maximum absolute atomic E-state index is 5.90. The van der Waals surface area contributed by atoms with E-state index >= 15 is 0 Å². The topological polar surface area (TPSA) is 30.5 Å². The first-order chi connectivity index (χ1) is 7.77. The Morgan fingerprint density at radius 3 is 2.35 bits per heavy atom. The van der Waals surface area contributed by atoms with Crippen LogP contribution in [0.5, 0.6) is 0 Å². The molecule has 2 atom stereocenters. The van der Waals surface area contributed by atoms with Crippen LogP contribution in [0.2, 0.25) is 0 Å². The Balaban J connectivity index is 2.18. The lowest BCUT2D eigenvalue weighted by Crippen LogP contribution is -2.61. The molecule has 0 radical (unpaired) electrons. The van der Waals surface area contributed by atoms with E-state index in [0.717, 1.165) is 13.0 Å². The summed E-state index contributed by atoms with van der Waals surface area (Å²) in [5.74, 6) is 0. The molecule has 0 spiro atoms. The molecule has 0 saturated heterocycles. The normalized spacial score (nSPS) is 27.9. The lowest BCUT2D eigenvalue weighted by molar-refractivity contribution is -0.136. The number of rotatable bonds is 6. The van der Waals surface area contributed by atoms with Crippen molar-refractivity contribution in [1.82, 2.24) is 5.32 Å². The fraction of sp³-hybridized carbons (Fsp3) is 1.00. The van der Waals surface area contributed by atoms with E-state index in [1.807, 2.05) is 0 Å². The van der Waals surface area contributed by atoms with Gasteiger partial charge in [-0.15, -0.1) is 0 Å². The summed E-state index contributed by atoms with van der Waals surface area (Å²) in [5, 5.41) is 3.51. The van der Waals surface area contributed by atoms with Crippen LogP contribution in [0.15, 0.2) is 0 Å². The Labute approximate surface area is 106 Å². The number of hydrogen-bond acceptors (Lipinski definition) is 3. The zero-order chi connectivity index (χ0) is 13.1. The van der Waals surface area contributed by atoms with Crippen LogP contribution in [0.4, 0.5) is 0 Å². The van der Waals surface area contributed by atoms with Crippen molar-refractivity contribution in [3.63, 3.8) is 0 Å². The Bertz CT molecular complexity index is 233. The molecular formula is C14H29NO2. The van der Waals surface area contributed by atoms with Crippen molar-refractivity contribution in [1.29, 1.82) is 0 Å². The van der Waals surface area contributed by atoms with Gasteiger partial charge in [0, 0.05) is 11.5 Å². The van der Waals surface area contributed by atoms with Crippen LogP contribution in [0.3, 0.4) is 0 Å². The Hall–Kier alpha value is -0.120. The third kappa shape index (κ3) is 4.23. The fourth-order valence-corrected chi connectivity index (χ4v) is 2.30. The van der Waals surface area contributed by atoms with Crippen molar-refractivity contribution < 1.29 is 9.47 Å². The molecule has 1 saturated carbocycles. The molecule has 1 aliphatic rings. The highest BCUT2D eigenvalue weighted by atomic mass is 16.5. The van der Waals surface area contributed by atoms with Crippen LogP contribution in [0, 0.1) is 5.41 Å². The molecule has 0 aliphatic heterocycles. The van der Waals surface area contributed by atoms with Gasteiger partial charge in [-0.1, -0.05) is 20.8 Å². The largest absolute Gasteiger partial charge is 0.375 e. The molecule has 0 aromatic heterocycles. The molecule has 1 N–H and O–H groups in total. The third-order valence-electron chi connectivity index (χ3n) is 3.57. The van der Waals surface area contributed by atoms with Crippen molar-refractivity contribution in [3.05, 3.63) is 0 Å². The second-order valence-electron chi connectivity index (χ2n) is 6.49. The van der Waals surface area contributed by atoms with Gasteiger partial charge in [0.25, 0.3) is 0 Å². The third-order valence-corrected chi connectivity index (χ3v) is 3.57. The van der Waals surface area contributed by atoms with Gasteiger partial charge in [-0.25, -0.2) is 0 Å². The van der Waals surface area contributed by atoms with Gasteiger partial charge in [-0.05, 0) is 33.7 Å². The molecule has 0 heterocycles. The van der Waals surface area contributed by atoms with Gasteiger partial charge in [0.15, 0.2) is 0 Å². The minimum atomic E-state index is -0.0647. The first-order valence-electron chi connectivity index (χ1n) is 6.76. The molecule has 0 aromatic rings. The average molecular weight is 243 g/mol. The average Bonchev–Trinajstić information content (AvgIpc) is 2.19. The molecule has 2 unspecified atom stereocenters. The molecule has 0 bridgehead atoms. The van der Waals surface area contributed by atoms with E-state index in [0.29, 0.717) is 25.4 Å². The molecule has 3 nitrogen and oxygen atoms in total.